The van der Waals surface area contributed by atoms with Crippen LogP contribution in [0.25, 0.3) is 33.3 Å². The number of benzene rings is 2. The average molecular weight is 336 g/mol. The molecule has 2 aromatic heterocycles. The van der Waals surface area contributed by atoms with E-state index in [0.717, 1.165) is 53.2 Å². The lowest BCUT2D eigenvalue weighted by Crippen LogP contribution is -1.95. The third-order valence-corrected chi connectivity index (χ3v) is 4.76. The number of nitrogens with one attached hydrogen (secondary N) is 1. The summed E-state index contributed by atoms with van der Waals surface area (Å²) in [7, 11) is 0. The fraction of sp³-hybridized carbons (Fsp3) is 0.158. The van der Waals surface area contributed by atoms with Gasteiger partial charge in [0.05, 0.1) is 11.7 Å². The molecule has 0 aliphatic carbocycles. The highest BCUT2D eigenvalue weighted by atomic mass is 19.1. The van der Waals surface area contributed by atoms with Crippen molar-refractivity contribution in [3.05, 3.63) is 59.9 Å². The number of aromatic amines is 1. The molecule has 0 atom stereocenters. The van der Waals surface area contributed by atoms with Gasteiger partial charge in [-0.25, -0.2) is 8.78 Å². The van der Waals surface area contributed by atoms with Crippen molar-refractivity contribution in [2.45, 2.75) is 19.4 Å². The monoisotopic (exact) mass is 336 g/mol. The molecular weight excluding hydrogens is 322 g/mol. The molecule has 2 aromatic carbocycles. The summed E-state index contributed by atoms with van der Waals surface area (Å²) in [5.74, 6) is -1.18. The summed E-state index contributed by atoms with van der Waals surface area (Å²) in [5.41, 5.74) is 4.83. The molecule has 0 spiro atoms. The Morgan fingerprint density at radius 3 is 2.88 bits per heavy atom. The minimum absolute atomic E-state index is 0.325. The maximum Gasteiger partial charge on any atom is 0.135 e. The Hall–Kier alpha value is -3.02. The SMILES string of the molecule is Fc1ccc(-c2nn3c(c2-c2ccc4[nH]ncc4c2)CCC3)c(F)c1. The van der Waals surface area contributed by atoms with E-state index < -0.39 is 11.6 Å². The molecule has 5 rings (SSSR count). The Kier molecular flexibility index (Phi) is 3.00. The first kappa shape index (κ1) is 14.3. The van der Waals surface area contributed by atoms with Crippen LogP contribution in [0.3, 0.4) is 0 Å². The van der Waals surface area contributed by atoms with Gasteiger partial charge in [0.1, 0.15) is 17.3 Å². The van der Waals surface area contributed by atoms with Crippen LogP contribution in [0, 0.1) is 11.6 Å². The third-order valence-electron chi connectivity index (χ3n) is 4.76. The zero-order chi connectivity index (χ0) is 17.0. The van der Waals surface area contributed by atoms with Crippen LogP contribution in [-0.2, 0) is 13.0 Å². The molecule has 1 aliphatic rings. The largest absolute Gasteiger partial charge is 0.278 e. The number of aromatic nitrogens is 4. The standard InChI is InChI=1S/C19H14F2N4/c20-13-4-5-14(15(21)9-13)19-18(17-2-1-7-25(17)24-19)11-3-6-16-12(8-11)10-22-23-16/h3-6,8-10H,1-2,7H2,(H,22,23). The van der Waals surface area contributed by atoms with Gasteiger partial charge in [0.15, 0.2) is 0 Å². The van der Waals surface area contributed by atoms with Gasteiger partial charge in [0.2, 0.25) is 0 Å². The predicted molar refractivity (Wildman–Crippen MR) is 91.0 cm³/mol. The maximum absolute atomic E-state index is 14.4. The number of fused-ring (bicyclic) bond motifs is 2. The van der Waals surface area contributed by atoms with Crippen LogP contribution >= 0.6 is 0 Å². The smallest absolute Gasteiger partial charge is 0.135 e. The van der Waals surface area contributed by atoms with E-state index in [1.807, 2.05) is 22.9 Å². The summed E-state index contributed by atoms with van der Waals surface area (Å²) in [6.45, 7) is 0.819. The van der Waals surface area contributed by atoms with E-state index in [0.29, 0.717) is 11.3 Å². The van der Waals surface area contributed by atoms with Gasteiger partial charge in [-0.3, -0.25) is 9.78 Å². The normalized spacial score (nSPS) is 13.5. The van der Waals surface area contributed by atoms with E-state index in [-0.39, 0.29) is 0 Å². The average Bonchev–Trinajstić information content (AvgIpc) is 3.29. The molecule has 0 unspecified atom stereocenters. The van der Waals surface area contributed by atoms with Gasteiger partial charge in [-0.15, -0.1) is 0 Å². The Bertz CT molecular complexity index is 1110. The lowest BCUT2D eigenvalue weighted by Gasteiger charge is -2.07. The number of hydrogen-bond acceptors (Lipinski definition) is 2. The summed E-state index contributed by atoms with van der Waals surface area (Å²) in [5, 5.41) is 12.6. The molecule has 25 heavy (non-hydrogen) atoms. The zero-order valence-corrected chi connectivity index (χ0v) is 13.3. The highest BCUT2D eigenvalue weighted by Crippen LogP contribution is 2.39. The zero-order valence-electron chi connectivity index (χ0n) is 13.3. The van der Waals surface area contributed by atoms with Gasteiger partial charge in [-0.05, 0) is 42.7 Å². The van der Waals surface area contributed by atoms with Crippen molar-refractivity contribution in [2.75, 3.05) is 0 Å². The summed E-state index contributed by atoms with van der Waals surface area (Å²) in [6.07, 6.45) is 3.69. The Labute approximate surface area is 142 Å². The molecule has 0 saturated heterocycles. The molecule has 1 N–H and O–H groups in total. The fourth-order valence-corrected chi connectivity index (χ4v) is 3.60. The first-order chi connectivity index (χ1) is 12.2. The van der Waals surface area contributed by atoms with E-state index in [4.69, 9.17) is 0 Å². The lowest BCUT2D eigenvalue weighted by molar-refractivity contribution is 0.584. The van der Waals surface area contributed by atoms with Gasteiger partial charge >= 0.3 is 0 Å². The predicted octanol–water partition coefficient (Wildman–Crippen LogP) is 4.32. The highest BCUT2D eigenvalue weighted by Gasteiger charge is 2.25. The van der Waals surface area contributed by atoms with Gasteiger partial charge in [0, 0.05) is 34.8 Å². The number of nitrogens with zero attached hydrogens (tertiary/aromatic N) is 3. The number of hydrogen-bond donors (Lipinski definition) is 1. The van der Waals surface area contributed by atoms with Crippen molar-refractivity contribution in [1.82, 2.24) is 20.0 Å². The molecule has 0 saturated carbocycles. The van der Waals surface area contributed by atoms with Gasteiger partial charge in [-0.1, -0.05) is 6.07 Å². The minimum atomic E-state index is -0.595. The highest BCUT2D eigenvalue weighted by molar-refractivity contribution is 5.89. The quantitative estimate of drug-likeness (QED) is 0.593. The van der Waals surface area contributed by atoms with Crippen LogP contribution in [0.5, 0.6) is 0 Å². The maximum atomic E-state index is 14.4. The number of aryl methyl sites for hydroxylation is 1. The minimum Gasteiger partial charge on any atom is -0.278 e. The lowest BCUT2D eigenvalue weighted by atomic mass is 9.96. The van der Waals surface area contributed by atoms with E-state index in [1.54, 1.807) is 6.20 Å². The Morgan fingerprint density at radius 1 is 1.08 bits per heavy atom. The topological polar surface area (TPSA) is 46.5 Å². The van der Waals surface area contributed by atoms with E-state index in [9.17, 15) is 8.78 Å². The summed E-state index contributed by atoms with van der Waals surface area (Å²) < 4.78 is 29.6. The van der Waals surface area contributed by atoms with Crippen LogP contribution in [-0.4, -0.2) is 20.0 Å². The van der Waals surface area contributed by atoms with Crippen molar-refractivity contribution >= 4 is 10.9 Å². The molecule has 0 fully saturated rings. The van der Waals surface area contributed by atoms with Crippen LogP contribution in [0.15, 0.2) is 42.6 Å². The van der Waals surface area contributed by atoms with Crippen molar-refractivity contribution in [3.8, 4) is 22.4 Å². The molecule has 124 valence electrons. The summed E-state index contributed by atoms with van der Waals surface area (Å²) >= 11 is 0. The molecular formula is C19H14F2N4. The molecule has 0 bridgehead atoms. The van der Waals surface area contributed by atoms with Crippen LogP contribution < -0.4 is 0 Å². The fourth-order valence-electron chi connectivity index (χ4n) is 3.60. The Balaban J connectivity index is 1.77. The van der Waals surface area contributed by atoms with E-state index in [2.05, 4.69) is 15.3 Å². The number of H-pyrrole nitrogens is 1. The van der Waals surface area contributed by atoms with Crippen molar-refractivity contribution < 1.29 is 8.78 Å². The second-order valence-electron chi connectivity index (χ2n) is 6.29. The van der Waals surface area contributed by atoms with E-state index in [1.165, 1.54) is 12.1 Å². The first-order valence-electron chi connectivity index (χ1n) is 8.19. The van der Waals surface area contributed by atoms with Crippen molar-refractivity contribution in [1.29, 1.82) is 0 Å². The molecule has 0 radical (unpaired) electrons. The molecule has 6 heteroatoms. The van der Waals surface area contributed by atoms with Crippen LogP contribution in [0.2, 0.25) is 0 Å². The second kappa shape index (κ2) is 5.24. The molecule has 3 heterocycles. The van der Waals surface area contributed by atoms with Crippen LogP contribution in [0.4, 0.5) is 8.78 Å². The van der Waals surface area contributed by atoms with Crippen LogP contribution in [0.1, 0.15) is 12.1 Å². The molecule has 4 aromatic rings. The molecule has 4 nitrogen and oxygen atoms in total. The number of halogens is 2. The Morgan fingerprint density at radius 2 is 2.00 bits per heavy atom. The first-order valence-corrected chi connectivity index (χ1v) is 8.19. The third kappa shape index (κ3) is 2.17. The van der Waals surface area contributed by atoms with Gasteiger partial charge < -0.3 is 0 Å². The van der Waals surface area contributed by atoms with Crippen molar-refractivity contribution in [2.24, 2.45) is 0 Å². The van der Waals surface area contributed by atoms with E-state index >= 15 is 0 Å². The van der Waals surface area contributed by atoms with Gasteiger partial charge in [0.25, 0.3) is 0 Å². The second-order valence-corrected chi connectivity index (χ2v) is 6.29. The summed E-state index contributed by atoms with van der Waals surface area (Å²) in [4.78, 5) is 0. The number of rotatable bonds is 2. The summed E-state index contributed by atoms with van der Waals surface area (Å²) in [6, 6.07) is 9.61. The molecule has 0 amide bonds. The van der Waals surface area contributed by atoms with Crippen molar-refractivity contribution in [3.63, 3.8) is 0 Å². The molecule has 1 aliphatic heterocycles. The van der Waals surface area contributed by atoms with Gasteiger partial charge in [-0.2, -0.15) is 10.2 Å².